The number of hydrogen-bond acceptors (Lipinski definition) is 3. The van der Waals surface area contributed by atoms with Crippen LogP contribution in [0.15, 0.2) is 12.1 Å². The van der Waals surface area contributed by atoms with Crippen molar-refractivity contribution in [1.82, 2.24) is 0 Å². The number of ether oxygens (including phenoxy) is 3. The molecule has 2 unspecified atom stereocenters. The Morgan fingerprint density at radius 2 is 2.06 bits per heavy atom. The van der Waals surface area contributed by atoms with Crippen LogP contribution in [0.3, 0.4) is 0 Å². The fourth-order valence-corrected chi connectivity index (χ4v) is 2.93. The fraction of sp³-hybridized carbons (Fsp3) is 0.571. The van der Waals surface area contributed by atoms with Crippen LogP contribution >= 0.6 is 0 Å². The number of methoxy groups -OCH3 is 1. The molecular weight excluding hydrogens is 216 g/mol. The lowest BCUT2D eigenvalue weighted by molar-refractivity contribution is 0.132. The van der Waals surface area contributed by atoms with Gasteiger partial charge in [0.15, 0.2) is 11.5 Å². The van der Waals surface area contributed by atoms with Crippen LogP contribution in [0.4, 0.5) is 0 Å². The van der Waals surface area contributed by atoms with Crippen LogP contribution in [0.2, 0.25) is 0 Å². The van der Waals surface area contributed by atoms with Gasteiger partial charge in [0, 0.05) is 13.7 Å². The van der Waals surface area contributed by atoms with E-state index in [1.165, 1.54) is 17.5 Å². The molecule has 0 saturated heterocycles. The highest BCUT2D eigenvalue weighted by atomic mass is 16.7. The Kier molecular flexibility index (Phi) is 2.71. The largest absolute Gasteiger partial charge is 0.454 e. The van der Waals surface area contributed by atoms with Gasteiger partial charge in [-0.3, -0.25) is 0 Å². The lowest BCUT2D eigenvalue weighted by Crippen LogP contribution is -2.22. The van der Waals surface area contributed by atoms with Crippen LogP contribution < -0.4 is 9.47 Å². The van der Waals surface area contributed by atoms with Crippen LogP contribution in [0.1, 0.15) is 30.4 Å². The molecular formula is C14H18O3. The second-order valence-electron chi connectivity index (χ2n) is 4.95. The van der Waals surface area contributed by atoms with Crippen molar-refractivity contribution in [2.45, 2.75) is 25.7 Å². The summed E-state index contributed by atoms with van der Waals surface area (Å²) in [4.78, 5) is 0. The molecule has 0 N–H and O–H groups in total. The van der Waals surface area contributed by atoms with Crippen LogP contribution in [0, 0.1) is 5.92 Å². The van der Waals surface area contributed by atoms with Crippen molar-refractivity contribution in [3.05, 3.63) is 23.3 Å². The zero-order valence-electron chi connectivity index (χ0n) is 10.4. The van der Waals surface area contributed by atoms with E-state index < -0.39 is 0 Å². The number of fused-ring (bicyclic) bond motifs is 2. The molecule has 2 atom stereocenters. The predicted molar refractivity (Wildman–Crippen MR) is 64.7 cm³/mol. The highest BCUT2D eigenvalue weighted by Crippen LogP contribution is 2.43. The van der Waals surface area contributed by atoms with Gasteiger partial charge < -0.3 is 14.2 Å². The zero-order chi connectivity index (χ0) is 11.8. The van der Waals surface area contributed by atoms with E-state index in [4.69, 9.17) is 14.2 Å². The van der Waals surface area contributed by atoms with Gasteiger partial charge in [-0.05, 0) is 47.9 Å². The molecule has 1 aliphatic carbocycles. The molecule has 1 aromatic carbocycles. The molecule has 2 aliphatic rings. The third-order valence-electron chi connectivity index (χ3n) is 4.00. The van der Waals surface area contributed by atoms with Gasteiger partial charge in [-0.2, -0.15) is 0 Å². The molecule has 1 aliphatic heterocycles. The van der Waals surface area contributed by atoms with Gasteiger partial charge in [-0.1, -0.05) is 6.92 Å². The molecule has 0 aromatic heterocycles. The Balaban J connectivity index is 1.95. The van der Waals surface area contributed by atoms with Crippen molar-refractivity contribution in [2.75, 3.05) is 20.5 Å². The van der Waals surface area contributed by atoms with Crippen molar-refractivity contribution in [2.24, 2.45) is 5.92 Å². The van der Waals surface area contributed by atoms with Crippen LogP contribution in [0.5, 0.6) is 11.5 Å². The first-order valence-corrected chi connectivity index (χ1v) is 6.21. The molecule has 92 valence electrons. The minimum atomic E-state index is 0.355. The highest BCUT2D eigenvalue weighted by molar-refractivity contribution is 5.50. The molecule has 3 nitrogen and oxygen atoms in total. The molecule has 0 radical (unpaired) electrons. The summed E-state index contributed by atoms with van der Waals surface area (Å²) in [5.74, 6) is 2.95. The molecule has 1 aromatic rings. The molecule has 0 fully saturated rings. The molecule has 3 heteroatoms. The first-order valence-electron chi connectivity index (χ1n) is 6.21. The van der Waals surface area contributed by atoms with Gasteiger partial charge in [0.2, 0.25) is 6.79 Å². The lowest BCUT2D eigenvalue weighted by atomic mass is 9.76. The summed E-state index contributed by atoms with van der Waals surface area (Å²) in [6.07, 6.45) is 2.31. The van der Waals surface area contributed by atoms with E-state index in [-0.39, 0.29) is 0 Å². The zero-order valence-corrected chi connectivity index (χ0v) is 10.4. The van der Waals surface area contributed by atoms with E-state index in [9.17, 15) is 0 Å². The van der Waals surface area contributed by atoms with Crippen molar-refractivity contribution < 1.29 is 14.2 Å². The van der Waals surface area contributed by atoms with E-state index in [0.29, 0.717) is 18.6 Å². The highest BCUT2D eigenvalue weighted by Gasteiger charge is 2.28. The SMILES string of the molecule is COCC1CCc2cc3c(cc2C1C)OCO3. The summed E-state index contributed by atoms with van der Waals surface area (Å²) in [5.41, 5.74) is 2.82. The average molecular weight is 234 g/mol. The normalized spacial score (nSPS) is 25.8. The van der Waals surface area contributed by atoms with Gasteiger partial charge in [0.1, 0.15) is 0 Å². The smallest absolute Gasteiger partial charge is 0.231 e. The van der Waals surface area contributed by atoms with Crippen LogP contribution in [0.25, 0.3) is 0 Å². The van der Waals surface area contributed by atoms with Crippen LogP contribution in [-0.2, 0) is 11.2 Å². The molecule has 17 heavy (non-hydrogen) atoms. The van der Waals surface area contributed by atoms with E-state index in [1.54, 1.807) is 7.11 Å². The van der Waals surface area contributed by atoms with Gasteiger partial charge in [-0.15, -0.1) is 0 Å². The first kappa shape index (κ1) is 10.9. The number of aryl methyl sites for hydroxylation is 1. The molecule has 3 rings (SSSR count). The maximum Gasteiger partial charge on any atom is 0.231 e. The summed E-state index contributed by atoms with van der Waals surface area (Å²) >= 11 is 0. The lowest BCUT2D eigenvalue weighted by Gasteiger charge is -2.30. The molecule has 0 bridgehead atoms. The van der Waals surface area contributed by atoms with Gasteiger partial charge in [0.25, 0.3) is 0 Å². The van der Waals surface area contributed by atoms with E-state index in [1.807, 2.05) is 0 Å². The van der Waals surface area contributed by atoms with E-state index in [0.717, 1.165) is 24.5 Å². The van der Waals surface area contributed by atoms with Crippen molar-refractivity contribution in [3.8, 4) is 11.5 Å². The summed E-state index contributed by atoms with van der Waals surface area (Å²) < 4.78 is 16.2. The molecule has 0 amide bonds. The van der Waals surface area contributed by atoms with Crippen LogP contribution in [-0.4, -0.2) is 20.5 Å². The number of hydrogen-bond donors (Lipinski definition) is 0. The predicted octanol–water partition coefficient (Wildman–Crippen LogP) is 2.73. The van der Waals surface area contributed by atoms with Gasteiger partial charge in [-0.25, -0.2) is 0 Å². The summed E-state index contributed by atoms with van der Waals surface area (Å²) in [6, 6.07) is 4.31. The third-order valence-corrected chi connectivity index (χ3v) is 4.00. The Morgan fingerprint density at radius 1 is 1.29 bits per heavy atom. The second kappa shape index (κ2) is 4.22. The average Bonchev–Trinajstić information content (AvgIpc) is 2.78. The summed E-state index contributed by atoms with van der Waals surface area (Å²) in [5, 5.41) is 0. The van der Waals surface area contributed by atoms with Crippen molar-refractivity contribution in [3.63, 3.8) is 0 Å². The Labute approximate surface area is 102 Å². The first-order chi connectivity index (χ1) is 8.29. The molecule has 0 spiro atoms. The van der Waals surface area contributed by atoms with Gasteiger partial charge >= 0.3 is 0 Å². The van der Waals surface area contributed by atoms with E-state index in [2.05, 4.69) is 19.1 Å². The number of benzene rings is 1. The molecule has 0 saturated carbocycles. The van der Waals surface area contributed by atoms with Crippen molar-refractivity contribution >= 4 is 0 Å². The Bertz CT molecular complexity index is 428. The standard InChI is InChI=1S/C14H18O3/c1-9-11(7-15-2)4-3-10-5-13-14(6-12(9)10)17-8-16-13/h5-6,9,11H,3-4,7-8H2,1-2H3. The van der Waals surface area contributed by atoms with Crippen molar-refractivity contribution in [1.29, 1.82) is 0 Å². The summed E-state index contributed by atoms with van der Waals surface area (Å²) in [6.45, 7) is 3.48. The minimum Gasteiger partial charge on any atom is -0.454 e. The molecule has 1 heterocycles. The maximum absolute atomic E-state index is 5.45. The topological polar surface area (TPSA) is 27.7 Å². The Morgan fingerprint density at radius 3 is 2.82 bits per heavy atom. The second-order valence-corrected chi connectivity index (χ2v) is 4.95. The maximum atomic E-state index is 5.45. The Hall–Kier alpha value is -1.22. The van der Waals surface area contributed by atoms with Gasteiger partial charge in [0.05, 0.1) is 0 Å². The number of rotatable bonds is 2. The monoisotopic (exact) mass is 234 g/mol. The minimum absolute atomic E-state index is 0.355. The quantitative estimate of drug-likeness (QED) is 0.787. The fourth-order valence-electron chi connectivity index (χ4n) is 2.93. The third kappa shape index (κ3) is 1.78. The summed E-state index contributed by atoms with van der Waals surface area (Å²) in [7, 11) is 1.78. The van der Waals surface area contributed by atoms with E-state index >= 15 is 0 Å².